The van der Waals surface area contributed by atoms with Crippen LogP contribution in [0.5, 0.6) is 5.75 Å². The third kappa shape index (κ3) is 3.94. The minimum Gasteiger partial charge on any atom is -0.506 e. The fraction of sp³-hybridized carbons (Fsp3) is 0.250. The summed E-state index contributed by atoms with van der Waals surface area (Å²) in [4.78, 5) is 0. The highest BCUT2D eigenvalue weighted by Gasteiger charge is 2.16. The molecule has 21 heavy (non-hydrogen) atoms. The number of halogens is 2. The Balaban J connectivity index is 1.99. The number of para-hydroxylation sites is 1. The molecule has 2 aromatic carbocycles. The van der Waals surface area contributed by atoms with E-state index in [0.29, 0.717) is 22.7 Å². The van der Waals surface area contributed by atoms with Gasteiger partial charge in [0.1, 0.15) is 11.6 Å². The lowest BCUT2D eigenvalue weighted by Crippen LogP contribution is -2.31. The summed E-state index contributed by atoms with van der Waals surface area (Å²) in [6, 6.07) is 10.6. The second-order valence-corrected chi connectivity index (χ2v) is 5.32. The smallest absolute Gasteiger partial charge is 0.138 e. The van der Waals surface area contributed by atoms with Crippen molar-refractivity contribution in [1.29, 1.82) is 0 Å². The van der Waals surface area contributed by atoms with Gasteiger partial charge in [-0.25, -0.2) is 4.39 Å². The van der Waals surface area contributed by atoms with E-state index in [0.717, 1.165) is 0 Å². The van der Waals surface area contributed by atoms with Gasteiger partial charge in [-0.1, -0.05) is 35.9 Å². The third-order valence-electron chi connectivity index (χ3n) is 3.37. The molecule has 0 fully saturated rings. The molecule has 0 aliphatic rings. The zero-order valence-corrected chi connectivity index (χ0v) is 12.3. The summed E-state index contributed by atoms with van der Waals surface area (Å²) in [7, 11) is 0. The molecule has 3 N–H and O–H groups in total. The summed E-state index contributed by atoms with van der Waals surface area (Å²) in [6.45, 7) is 2.18. The van der Waals surface area contributed by atoms with Crippen LogP contribution in [0.15, 0.2) is 42.5 Å². The van der Waals surface area contributed by atoms with Gasteiger partial charge in [0.2, 0.25) is 0 Å². The van der Waals surface area contributed by atoms with Crippen molar-refractivity contribution in [3.05, 3.63) is 64.4 Å². The van der Waals surface area contributed by atoms with Crippen LogP contribution in [0.3, 0.4) is 0 Å². The molecule has 2 atom stereocenters. The highest BCUT2D eigenvalue weighted by atomic mass is 35.5. The molecule has 0 bridgehead atoms. The Kier molecular flexibility index (Phi) is 5.17. The van der Waals surface area contributed by atoms with Gasteiger partial charge in [0.05, 0.1) is 11.1 Å². The topological polar surface area (TPSA) is 52.5 Å². The molecule has 0 spiro atoms. The van der Waals surface area contributed by atoms with E-state index in [4.69, 9.17) is 11.6 Å². The van der Waals surface area contributed by atoms with Crippen LogP contribution in [-0.4, -0.2) is 16.3 Å². The summed E-state index contributed by atoms with van der Waals surface area (Å²) in [6.07, 6.45) is -0.771. The molecule has 0 radical (unpaired) electrons. The molecule has 5 heteroatoms. The Morgan fingerprint density at radius 3 is 2.52 bits per heavy atom. The number of phenols is 1. The molecule has 0 aromatic heterocycles. The van der Waals surface area contributed by atoms with Crippen molar-refractivity contribution in [3.8, 4) is 5.75 Å². The number of phenolic OH excluding ortho intramolecular Hbond substituents is 1. The van der Waals surface area contributed by atoms with Gasteiger partial charge in [-0.05, 0) is 30.7 Å². The molecule has 0 aliphatic heterocycles. The number of nitrogens with one attached hydrogen (secondary N) is 1. The van der Waals surface area contributed by atoms with E-state index < -0.39 is 6.10 Å². The standard InChI is InChI=1S/C16H17ClFNO2/c1-10(15(20)11-5-7-13(18)8-6-11)19-9-12-3-2-4-14(17)16(12)21/h2-8,10,15,19-21H,9H2,1H3. The largest absolute Gasteiger partial charge is 0.506 e. The molecule has 0 heterocycles. The normalized spacial score (nSPS) is 13.9. The zero-order valence-electron chi connectivity index (χ0n) is 11.6. The van der Waals surface area contributed by atoms with Crippen LogP contribution in [0, 0.1) is 5.82 Å². The minimum absolute atomic E-state index is 0.0372. The fourth-order valence-corrected chi connectivity index (χ4v) is 2.23. The van der Waals surface area contributed by atoms with Crippen molar-refractivity contribution in [2.45, 2.75) is 25.6 Å². The van der Waals surface area contributed by atoms with E-state index in [1.807, 2.05) is 6.92 Å². The monoisotopic (exact) mass is 309 g/mol. The van der Waals surface area contributed by atoms with Crippen molar-refractivity contribution >= 4 is 11.6 Å². The van der Waals surface area contributed by atoms with Crippen LogP contribution in [0.4, 0.5) is 4.39 Å². The van der Waals surface area contributed by atoms with Crippen molar-refractivity contribution in [2.75, 3.05) is 0 Å². The maximum absolute atomic E-state index is 12.9. The number of aliphatic hydroxyl groups excluding tert-OH is 1. The van der Waals surface area contributed by atoms with Gasteiger partial charge in [-0.15, -0.1) is 0 Å². The Morgan fingerprint density at radius 2 is 1.86 bits per heavy atom. The molecular formula is C16H17ClFNO2. The number of hydrogen-bond donors (Lipinski definition) is 3. The average molecular weight is 310 g/mol. The number of hydrogen-bond acceptors (Lipinski definition) is 3. The van der Waals surface area contributed by atoms with E-state index in [-0.39, 0.29) is 17.6 Å². The first kappa shape index (κ1) is 15.8. The van der Waals surface area contributed by atoms with Gasteiger partial charge in [0.25, 0.3) is 0 Å². The number of aliphatic hydroxyl groups is 1. The van der Waals surface area contributed by atoms with Gasteiger partial charge in [-0.2, -0.15) is 0 Å². The molecule has 0 saturated carbocycles. The quantitative estimate of drug-likeness (QED) is 0.793. The van der Waals surface area contributed by atoms with E-state index in [2.05, 4.69) is 5.32 Å². The Morgan fingerprint density at radius 1 is 1.19 bits per heavy atom. The van der Waals surface area contributed by atoms with Gasteiger partial charge >= 0.3 is 0 Å². The molecule has 3 nitrogen and oxygen atoms in total. The molecule has 112 valence electrons. The van der Waals surface area contributed by atoms with Gasteiger partial charge < -0.3 is 15.5 Å². The lowest BCUT2D eigenvalue weighted by molar-refractivity contribution is 0.135. The van der Waals surface area contributed by atoms with E-state index in [1.54, 1.807) is 30.3 Å². The highest BCUT2D eigenvalue weighted by Crippen LogP contribution is 2.27. The SMILES string of the molecule is CC(NCc1cccc(Cl)c1O)C(O)c1ccc(F)cc1. The summed E-state index contributed by atoms with van der Waals surface area (Å²) in [5.41, 5.74) is 1.28. The first-order valence-corrected chi connectivity index (χ1v) is 7.00. The summed E-state index contributed by atoms with van der Waals surface area (Å²) in [5, 5.41) is 23.4. The van der Waals surface area contributed by atoms with Crippen LogP contribution in [0.2, 0.25) is 5.02 Å². The van der Waals surface area contributed by atoms with Crippen LogP contribution in [0.1, 0.15) is 24.2 Å². The third-order valence-corrected chi connectivity index (χ3v) is 3.67. The zero-order chi connectivity index (χ0) is 15.4. The number of benzene rings is 2. The predicted octanol–water partition coefficient (Wildman–Crippen LogP) is 3.40. The van der Waals surface area contributed by atoms with Crippen molar-refractivity contribution in [3.63, 3.8) is 0 Å². The van der Waals surface area contributed by atoms with Crippen LogP contribution in [-0.2, 0) is 6.54 Å². The van der Waals surface area contributed by atoms with Crippen molar-refractivity contribution in [1.82, 2.24) is 5.32 Å². The fourth-order valence-electron chi connectivity index (χ4n) is 2.03. The average Bonchev–Trinajstić information content (AvgIpc) is 2.48. The van der Waals surface area contributed by atoms with Crippen molar-refractivity contribution < 1.29 is 14.6 Å². The molecule has 2 aromatic rings. The Labute approximate surface area is 128 Å². The van der Waals surface area contributed by atoms with Crippen LogP contribution in [0.25, 0.3) is 0 Å². The van der Waals surface area contributed by atoms with E-state index >= 15 is 0 Å². The molecule has 2 unspecified atom stereocenters. The van der Waals surface area contributed by atoms with Gasteiger partial charge in [-0.3, -0.25) is 0 Å². The summed E-state index contributed by atoms with van der Waals surface area (Å²) < 4.78 is 12.9. The molecular weight excluding hydrogens is 293 g/mol. The lowest BCUT2D eigenvalue weighted by Gasteiger charge is -2.21. The lowest BCUT2D eigenvalue weighted by atomic mass is 10.0. The second kappa shape index (κ2) is 6.89. The molecule has 0 saturated heterocycles. The summed E-state index contributed by atoms with van der Waals surface area (Å²) in [5.74, 6) is -0.300. The summed E-state index contributed by atoms with van der Waals surface area (Å²) >= 11 is 5.84. The number of aromatic hydroxyl groups is 1. The van der Waals surface area contributed by atoms with Crippen LogP contribution < -0.4 is 5.32 Å². The van der Waals surface area contributed by atoms with E-state index in [9.17, 15) is 14.6 Å². The minimum atomic E-state index is -0.771. The molecule has 2 rings (SSSR count). The maximum Gasteiger partial charge on any atom is 0.138 e. The predicted molar refractivity (Wildman–Crippen MR) is 80.8 cm³/mol. The second-order valence-electron chi connectivity index (χ2n) is 4.91. The Bertz CT molecular complexity index is 604. The van der Waals surface area contributed by atoms with E-state index in [1.165, 1.54) is 12.1 Å². The molecule has 0 aliphatic carbocycles. The van der Waals surface area contributed by atoms with Crippen LogP contribution >= 0.6 is 11.6 Å². The first-order valence-electron chi connectivity index (χ1n) is 6.62. The number of rotatable bonds is 5. The molecule has 0 amide bonds. The first-order chi connectivity index (χ1) is 9.99. The maximum atomic E-state index is 12.9. The Hall–Kier alpha value is -1.62. The van der Waals surface area contributed by atoms with Gasteiger partial charge in [0, 0.05) is 18.2 Å². The van der Waals surface area contributed by atoms with Gasteiger partial charge in [0.15, 0.2) is 0 Å². The van der Waals surface area contributed by atoms with Crippen molar-refractivity contribution in [2.24, 2.45) is 0 Å². The highest BCUT2D eigenvalue weighted by molar-refractivity contribution is 6.32.